The fraction of sp³-hybridized carbons (Fsp3) is 0.375. The molecular weight excluding hydrogens is 298 g/mol. The second-order valence-corrected chi connectivity index (χ2v) is 6.76. The van der Waals surface area contributed by atoms with E-state index in [2.05, 4.69) is 41.3 Å². The summed E-state index contributed by atoms with van der Waals surface area (Å²) in [6, 6.07) is 9.56. The van der Waals surface area contributed by atoms with Crippen molar-refractivity contribution in [3.63, 3.8) is 0 Å². The number of thioether (sulfide) groups is 1. The standard InChI is InChI=1S/C16H21N3O2S/c1-11(2)22-10-12-4-6-13(7-5-12)17-16-18-14(9-21-3)8-15(20)19-16/h4-8,11H,9-10H2,1-3H3,(H2,17,18,19,20). The highest BCUT2D eigenvalue weighted by molar-refractivity contribution is 7.99. The number of benzene rings is 1. The summed E-state index contributed by atoms with van der Waals surface area (Å²) >= 11 is 1.91. The number of anilines is 2. The molecule has 0 atom stereocenters. The van der Waals surface area contributed by atoms with Crippen LogP contribution in [0.4, 0.5) is 11.6 Å². The second-order valence-electron chi connectivity index (χ2n) is 5.20. The molecule has 6 heteroatoms. The molecule has 0 saturated heterocycles. The van der Waals surface area contributed by atoms with Crippen molar-refractivity contribution in [3.8, 4) is 0 Å². The van der Waals surface area contributed by atoms with E-state index in [1.807, 2.05) is 23.9 Å². The van der Waals surface area contributed by atoms with E-state index in [1.165, 1.54) is 11.6 Å². The molecule has 0 radical (unpaired) electrons. The van der Waals surface area contributed by atoms with Gasteiger partial charge in [0.25, 0.3) is 5.56 Å². The molecule has 0 spiro atoms. The van der Waals surface area contributed by atoms with Crippen molar-refractivity contribution in [2.24, 2.45) is 0 Å². The van der Waals surface area contributed by atoms with Gasteiger partial charge in [0, 0.05) is 24.6 Å². The van der Waals surface area contributed by atoms with Crippen LogP contribution in [0.3, 0.4) is 0 Å². The van der Waals surface area contributed by atoms with Crippen LogP contribution < -0.4 is 10.9 Å². The first-order valence-electron chi connectivity index (χ1n) is 7.13. The molecule has 2 aromatic rings. The fourth-order valence-corrected chi connectivity index (χ4v) is 2.59. The van der Waals surface area contributed by atoms with E-state index >= 15 is 0 Å². The normalized spacial score (nSPS) is 10.9. The van der Waals surface area contributed by atoms with Crippen LogP contribution in [0, 0.1) is 0 Å². The first-order valence-corrected chi connectivity index (χ1v) is 8.18. The number of rotatable bonds is 7. The Kier molecular flexibility index (Phi) is 6.03. The monoisotopic (exact) mass is 319 g/mol. The van der Waals surface area contributed by atoms with Gasteiger partial charge in [-0.2, -0.15) is 11.8 Å². The van der Waals surface area contributed by atoms with Gasteiger partial charge in [0.05, 0.1) is 12.3 Å². The van der Waals surface area contributed by atoms with Crippen molar-refractivity contribution in [3.05, 3.63) is 51.9 Å². The molecule has 1 heterocycles. The lowest BCUT2D eigenvalue weighted by atomic mass is 10.2. The van der Waals surface area contributed by atoms with E-state index in [0.717, 1.165) is 11.4 Å². The van der Waals surface area contributed by atoms with E-state index in [1.54, 1.807) is 7.11 Å². The first kappa shape index (κ1) is 16.6. The largest absolute Gasteiger partial charge is 0.378 e. The van der Waals surface area contributed by atoms with Crippen LogP contribution in [-0.4, -0.2) is 22.3 Å². The van der Waals surface area contributed by atoms with Gasteiger partial charge in [-0.1, -0.05) is 26.0 Å². The van der Waals surface area contributed by atoms with Gasteiger partial charge < -0.3 is 10.1 Å². The Labute approximate surface area is 134 Å². The molecule has 0 fully saturated rings. The average Bonchev–Trinajstić information content (AvgIpc) is 2.46. The second kappa shape index (κ2) is 8.00. The molecule has 0 amide bonds. The summed E-state index contributed by atoms with van der Waals surface area (Å²) in [7, 11) is 1.57. The zero-order chi connectivity index (χ0) is 15.9. The number of nitrogens with zero attached hydrogens (tertiary/aromatic N) is 1. The highest BCUT2D eigenvalue weighted by atomic mass is 32.2. The third kappa shape index (κ3) is 5.20. The van der Waals surface area contributed by atoms with Crippen molar-refractivity contribution in [1.29, 1.82) is 0 Å². The number of aromatic amines is 1. The molecule has 0 saturated carbocycles. The molecule has 0 bridgehead atoms. The van der Waals surface area contributed by atoms with E-state index in [9.17, 15) is 4.79 Å². The van der Waals surface area contributed by atoms with Gasteiger partial charge in [-0.15, -0.1) is 0 Å². The van der Waals surface area contributed by atoms with Gasteiger partial charge in [0.2, 0.25) is 5.95 Å². The van der Waals surface area contributed by atoms with Gasteiger partial charge in [-0.05, 0) is 22.9 Å². The Morgan fingerprint density at radius 2 is 2.05 bits per heavy atom. The Morgan fingerprint density at radius 3 is 2.68 bits per heavy atom. The van der Waals surface area contributed by atoms with Crippen molar-refractivity contribution >= 4 is 23.4 Å². The number of methoxy groups -OCH3 is 1. The molecule has 22 heavy (non-hydrogen) atoms. The van der Waals surface area contributed by atoms with E-state index in [4.69, 9.17) is 4.74 Å². The third-order valence-electron chi connectivity index (χ3n) is 2.89. The lowest BCUT2D eigenvalue weighted by molar-refractivity contribution is 0.181. The summed E-state index contributed by atoms with van der Waals surface area (Å²) in [6.45, 7) is 4.69. The van der Waals surface area contributed by atoms with Gasteiger partial charge in [0.15, 0.2) is 0 Å². The minimum Gasteiger partial charge on any atom is -0.378 e. The van der Waals surface area contributed by atoms with Crippen LogP contribution in [0.1, 0.15) is 25.1 Å². The molecule has 118 valence electrons. The topological polar surface area (TPSA) is 67.0 Å². The van der Waals surface area contributed by atoms with Gasteiger partial charge in [0.1, 0.15) is 0 Å². The number of H-pyrrole nitrogens is 1. The SMILES string of the molecule is COCc1cc(=O)[nH]c(Nc2ccc(CSC(C)C)cc2)n1. The maximum Gasteiger partial charge on any atom is 0.252 e. The van der Waals surface area contributed by atoms with Gasteiger partial charge in [-0.25, -0.2) is 4.98 Å². The third-order valence-corrected chi connectivity index (χ3v) is 4.05. The van der Waals surface area contributed by atoms with Gasteiger partial charge in [-0.3, -0.25) is 9.78 Å². The summed E-state index contributed by atoms with van der Waals surface area (Å²) in [5.74, 6) is 1.42. The Balaban J connectivity index is 2.05. The fourth-order valence-electron chi connectivity index (χ4n) is 1.87. The molecule has 5 nitrogen and oxygen atoms in total. The van der Waals surface area contributed by atoms with Crippen LogP contribution >= 0.6 is 11.8 Å². The first-order chi connectivity index (χ1) is 10.6. The summed E-state index contributed by atoms with van der Waals surface area (Å²) in [5.41, 5.74) is 2.56. The predicted molar refractivity (Wildman–Crippen MR) is 91.7 cm³/mol. The molecular formula is C16H21N3O2S. The minimum atomic E-state index is -0.200. The van der Waals surface area contributed by atoms with Crippen molar-refractivity contribution in [1.82, 2.24) is 9.97 Å². The minimum absolute atomic E-state index is 0.200. The molecule has 1 aromatic carbocycles. The lowest BCUT2D eigenvalue weighted by Crippen LogP contribution is -2.12. The highest BCUT2D eigenvalue weighted by Crippen LogP contribution is 2.19. The molecule has 1 aromatic heterocycles. The maximum atomic E-state index is 11.6. The highest BCUT2D eigenvalue weighted by Gasteiger charge is 2.03. The Bertz CT molecular complexity index is 653. The molecule has 0 aliphatic heterocycles. The molecule has 0 aliphatic carbocycles. The van der Waals surface area contributed by atoms with Crippen molar-refractivity contribution in [2.75, 3.05) is 12.4 Å². The maximum absolute atomic E-state index is 11.6. The zero-order valence-electron chi connectivity index (χ0n) is 13.1. The van der Waals surface area contributed by atoms with Crippen LogP contribution in [0.2, 0.25) is 0 Å². The summed E-state index contributed by atoms with van der Waals surface area (Å²) in [4.78, 5) is 18.6. The van der Waals surface area contributed by atoms with Crippen molar-refractivity contribution < 1.29 is 4.74 Å². The summed E-state index contributed by atoms with van der Waals surface area (Å²) < 4.78 is 5.00. The van der Waals surface area contributed by atoms with E-state index in [0.29, 0.717) is 23.5 Å². The van der Waals surface area contributed by atoms with Crippen LogP contribution in [0.5, 0.6) is 0 Å². The molecule has 0 unspecified atom stereocenters. The number of hydrogen-bond donors (Lipinski definition) is 2. The van der Waals surface area contributed by atoms with Crippen molar-refractivity contribution in [2.45, 2.75) is 31.5 Å². The quantitative estimate of drug-likeness (QED) is 0.819. The average molecular weight is 319 g/mol. The number of nitrogens with one attached hydrogen (secondary N) is 2. The number of hydrogen-bond acceptors (Lipinski definition) is 5. The van der Waals surface area contributed by atoms with Crippen LogP contribution in [0.15, 0.2) is 35.1 Å². The zero-order valence-corrected chi connectivity index (χ0v) is 13.9. The summed E-state index contributed by atoms with van der Waals surface area (Å²) in [5, 5.41) is 3.73. The summed E-state index contributed by atoms with van der Waals surface area (Å²) in [6.07, 6.45) is 0. The molecule has 0 aliphatic rings. The Morgan fingerprint density at radius 1 is 1.32 bits per heavy atom. The molecule has 2 N–H and O–H groups in total. The number of ether oxygens (including phenoxy) is 1. The van der Waals surface area contributed by atoms with Gasteiger partial charge >= 0.3 is 0 Å². The number of aromatic nitrogens is 2. The lowest BCUT2D eigenvalue weighted by Gasteiger charge is -2.08. The Hall–Kier alpha value is -1.79. The van der Waals surface area contributed by atoms with E-state index < -0.39 is 0 Å². The van der Waals surface area contributed by atoms with Crippen LogP contribution in [0.25, 0.3) is 0 Å². The van der Waals surface area contributed by atoms with E-state index in [-0.39, 0.29) is 5.56 Å². The smallest absolute Gasteiger partial charge is 0.252 e. The predicted octanol–water partition coefficient (Wildman–Crippen LogP) is 3.30. The molecule has 2 rings (SSSR count). The van der Waals surface area contributed by atoms with Crippen LogP contribution in [-0.2, 0) is 17.1 Å².